The predicted octanol–water partition coefficient (Wildman–Crippen LogP) is 0.403. The van der Waals surface area contributed by atoms with Crippen LogP contribution >= 0.6 is 7.91 Å². The number of aryl methyl sites for hydroxylation is 2. The zero-order chi connectivity index (χ0) is 11.2. The van der Waals surface area contributed by atoms with Crippen LogP contribution in [-0.4, -0.2) is 11.7 Å². The summed E-state index contributed by atoms with van der Waals surface area (Å²) in [4.78, 5) is 9.14. The van der Waals surface area contributed by atoms with Gasteiger partial charge in [-0.2, -0.15) is 4.20 Å². The molecule has 0 saturated heterocycles. The number of hydrogen-bond acceptors (Lipinski definition) is 3. The van der Waals surface area contributed by atoms with Crippen molar-refractivity contribution in [2.24, 2.45) is 7.05 Å². The second-order valence-electron chi connectivity index (χ2n) is 2.52. The maximum absolute atomic E-state index is 10.9. The van der Waals surface area contributed by atoms with Crippen molar-refractivity contribution in [2.75, 3.05) is 7.11 Å². The lowest BCUT2D eigenvalue weighted by Gasteiger charge is -2.06. The van der Waals surface area contributed by atoms with Crippen molar-refractivity contribution in [1.82, 2.24) is 4.57 Å². The first kappa shape index (κ1) is 13.3. The molecule has 1 heterocycles. The maximum atomic E-state index is 10.9. The second-order valence-corrected chi connectivity index (χ2v) is 3.75. The van der Waals surface area contributed by atoms with Gasteiger partial charge in [0.25, 0.3) is 0 Å². The normalized spacial score (nSPS) is 14.1. The number of imidazole rings is 1. The van der Waals surface area contributed by atoms with E-state index in [1.165, 1.54) is 0 Å². The highest BCUT2D eigenvalue weighted by atomic mass is 31.2. The standard InChI is InChI=1S/C6H11N2.CH4FO3P/c1-3-8-5-4-7(2)6-8;1-5-6(2,3)4/h4-6H,3H2,1-2H3;1H3,(H,3,4)/q+1;/p-1. The lowest BCUT2D eigenvalue weighted by Crippen LogP contribution is -2.23. The molecular formula is C7H14FN2O3P. The molecule has 14 heavy (non-hydrogen) atoms. The number of halogens is 1. The fourth-order valence-electron chi connectivity index (χ4n) is 0.689. The molecule has 82 valence electrons. The van der Waals surface area contributed by atoms with Crippen molar-refractivity contribution in [3.63, 3.8) is 0 Å². The maximum Gasteiger partial charge on any atom is 0.307 e. The summed E-state index contributed by atoms with van der Waals surface area (Å²) in [5.74, 6) is 0. The van der Waals surface area contributed by atoms with E-state index in [0.717, 1.165) is 13.7 Å². The third-order valence-corrected chi connectivity index (χ3v) is 1.84. The molecule has 0 aliphatic rings. The molecule has 7 heteroatoms. The summed E-state index contributed by atoms with van der Waals surface area (Å²) in [6.07, 6.45) is 6.14. The zero-order valence-electron chi connectivity index (χ0n) is 8.38. The summed E-state index contributed by atoms with van der Waals surface area (Å²) in [7, 11) is -2.12. The highest BCUT2D eigenvalue weighted by Crippen LogP contribution is 2.36. The Kier molecular flexibility index (Phi) is 5.60. The highest BCUT2D eigenvalue weighted by Gasteiger charge is 1.95. The van der Waals surface area contributed by atoms with Crippen molar-refractivity contribution in [2.45, 2.75) is 13.5 Å². The van der Waals surface area contributed by atoms with E-state index in [0.29, 0.717) is 0 Å². The number of aromatic nitrogens is 2. The first-order valence-corrected chi connectivity index (χ1v) is 5.40. The van der Waals surface area contributed by atoms with Crippen LogP contribution in [0.4, 0.5) is 4.20 Å². The van der Waals surface area contributed by atoms with Gasteiger partial charge in [0.15, 0.2) is 0 Å². The summed E-state index contributed by atoms with van der Waals surface area (Å²) in [5.41, 5.74) is 0. The van der Waals surface area contributed by atoms with E-state index in [4.69, 9.17) is 9.46 Å². The van der Waals surface area contributed by atoms with Crippen molar-refractivity contribution >= 4 is 7.91 Å². The van der Waals surface area contributed by atoms with Crippen molar-refractivity contribution in [1.29, 1.82) is 0 Å². The van der Waals surface area contributed by atoms with E-state index in [9.17, 15) is 4.20 Å². The van der Waals surface area contributed by atoms with E-state index in [1.54, 1.807) is 0 Å². The van der Waals surface area contributed by atoms with Gasteiger partial charge in [-0.25, -0.2) is 9.13 Å². The summed E-state index contributed by atoms with van der Waals surface area (Å²) in [6.45, 7) is 3.18. The third-order valence-electron chi connectivity index (χ3n) is 1.41. The van der Waals surface area contributed by atoms with Crippen LogP contribution < -0.4 is 9.46 Å². The van der Waals surface area contributed by atoms with Gasteiger partial charge in [0, 0.05) is 7.11 Å². The third kappa shape index (κ3) is 6.77. The van der Waals surface area contributed by atoms with Gasteiger partial charge in [0.2, 0.25) is 6.33 Å². The Morgan fingerprint density at radius 1 is 1.71 bits per heavy atom. The Hall–Kier alpha value is -0.710. The van der Waals surface area contributed by atoms with Gasteiger partial charge in [-0.3, -0.25) is 4.57 Å². The smallest absolute Gasteiger partial charge is 0.307 e. The van der Waals surface area contributed by atoms with Crippen LogP contribution in [0, 0.1) is 0 Å². The van der Waals surface area contributed by atoms with Crippen LogP contribution in [-0.2, 0) is 22.7 Å². The predicted molar refractivity (Wildman–Crippen MR) is 47.0 cm³/mol. The van der Waals surface area contributed by atoms with Crippen LogP contribution in [0.1, 0.15) is 6.92 Å². The molecule has 0 N–H and O–H groups in total. The molecule has 0 aliphatic heterocycles. The van der Waals surface area contributed by atoms with Gasteiger partial charge in [0.05, 0.1) is 13.6 Å². The van der Waals surface area contributed by atoms with E-state index in [2.05, 4.69) is 28.5 Å². The lowest BCUT2D eigenvalue weighted by molar-refractivity contribution is -0.671. The molecule has 5 nitrogen and oxygen atoms in total. The topological polar surface area (TPSA) is 58.2 Å². The molecule has 0 spiro atoms. The molecular weight excluding hydrogens is 210 g/mol. The van der Waals surface area contributed by atoms with Gasteiger partial charge in [-0.1, -0.05) is 0 Å². The van der Waals surface area contributed by atoms with Crippen molar-refractivity contribution < 1.29 is 22.7 Å². The number of hydrogen-bond donors (Lipinski definition) is 0. The molecule has 0 fully saturated rings. The van der Waals surface area contributed by atoms with E-state index < -0.39 is 7.91 Å². The summed E-state index contributed by atoms with van der Waals surface area (Å²) >= 11 is 0. The highest BCUT2D eigenvalue weighted by molar-refractivity contribution is 7.45. The molecule has 0 aromatic carbocycles. The zero-order valence-corrected chi connectivity index (χ0v) is 9.28. The largest absolute Gasteiger partial charge is 0.753 e. The van der Waals surface area contributed by atoms with Crippen LogP contribution in [0.25, 0.3) is 0 Å². The Balaban J connectivity index is 0.000000255. The van der Waals surface area contributed by atoms with Crippen LogP contribution in [0.5, 0.6) is 0 Å². The fourth-order valence-corrected chi connectivity index (χ4v) is 0.689. The van der Waals surface area contributed by atoms with Crippen LogP contribution in [0.3, 0.4) is 0 Å². The minimum absolute atomic E-state index is 0.758. The Bertz CT molecular complexity index is 310. The molecule has 1 atom stereocenters. The lowest BCUT2D eigenvalue weighted by atomic mass is 10.7. The Morgan fingerprint density at radius 3 is 2.36 bits per heavy atom. The summed E-state index contributed by atoms with van der Waals surface area (Å²) in [6, 6.07) is 0. The first-order valence-electron chi connectivity index (χ1n) is 3.96. The quantitative estimate of drug-likeness (QED) is 0.539. The van der Waals surface area contributed by atoms with E-state index in [1.807, 2.05) is 17.8 Å². The number of nitrogens with zero attached hydrogens (tertiary/aromatic N) is 2. The van der Waals surface area contributed by atoms with Gasteiger partial charge in [-0.05, 0) is 6.92 Å². The molecule has 0 bridgehead atoms. The van der Waals surface area contributed by atoms with Crippen LogP contribution in [0.15, 0.2) is 18.7 Å². The average molecular weight is 224 g/mol. The summed E-state index contributed by atoms with van der Waals surface area (Å²) in [5, 5.41) is 0. The summed E-state index contributed by atoms with van der Waals surface area (Å²) < 4.78 is 27.5. The van der Waals surface area contributed by atoms with Gasteiger partial charge in [-0.15, -0.1) is 0 Å². The van der Waals surface area contributed by atoms with Crippen molar-refractivity contribution in [3.8, 4) is 0 Å². The fraction of sp³-hybridized carbons (Fsp3) is 0.571. The SMILES string of the molecule is CCn1cc[n+](C)c1.COP(=O)([O-])F. The van der Waals surface area contributed by atoms with E-state index >= 15 is 0 Å². The number of rotatable bonds is 2. The monoisotopic (exact) mass is 224 g/mol. The average Bonchev–Trinajstić information content (AvgIpc) is 2.51. The second kappa shape index (κ2) is 5.90. The van der Waals surface area contributed by atoms with Gasteiger partial charge < -0.3 is 9.42 Å². The molecule has 1 rings (SSSR count). The molecule has 1 unspecified atom stereocenters. The molecule has 0 saturated carbocycles. The first-order chi connectivity index (χ1) is 6.39. The minimum atomic E-state index is -4.90. The van der Waals surface area contributed by atoms with Gasteiger partial charge in [0.1, 0.15) is 12.4 Å². The van der Waals surface area contributed by atoms with Crippen molar-refractivity contribution in [3.05, 3.63) is 18.7 Å². The molecule has 1 aromatic heterocycles. The van der Waals surface area contributed by atoms with E-state index in [-0.39, 0.29) is 0 Å². The molecule has 1 aromatic rings. The minimum Gasteiger partial charge on any atom is -0.753 e. The van der Waals surface area contributed by atoms with Gasteiger partial charge >= 0.3 is 7.91 Å². The Labute approximate surface area is 82.4 Å². The Morgan fingerprint density at radius 2 is 2.21 bits per heavy atom. The van der Waals surface area contributed by atoms with Crippen LogP contribution in [0.2, 0.25) is 0 Å². The molecule has 0 radical (unpaired) electrons. The molecule has 0 amide bonds. The molecule has 0 aliphatic carbocycles.